The second-order valence-corrected chi connectivity index (χ2v) is 5.18. The van der Waals surface area contributed by atoms with Gasteiger partial charge in [-0.15, -0.1) is 0 Å². The van der Waals surface area contributed by atoms with Gasteiger partial charge in [-0.2, -0.15) is 5.26 Å². The van der Waals surface area contributed by atoms with E-state index in [9.17, 15) is 14.9 Å². The van der Waals surface area contributed by atoms with E-state index in [2.05, 4.69) is 10.3 Å². The Morgan fingerprint density at radius 2 is 2.00 bits per heavy atom. The van der Waals surface area contributed by atoms with Crippen LogP contribution in [0.3, 0.4) is 0 Å². The molecule has 1 aromatic heterocycles. The number of aromatic nitrogens is 1. The molecule has 0 bridgehead atoms. The van der Waals surface area contributed by atoms with Crippen molar-refractivity contribution in [2.45, 2.75) is 6.92 Å². The Labute approximate surface area is 138 Å². The fourth-order valence-electron chi connectivity index (χ4n) is 2.02. The summed E-state index contributed by atoms with van der Waals surface area (Å²) in [4.78, 5) is 27.6. The minimum atomic E-state index is -0.667. The Bertz CT molecular complexity index is 811. The zero-order valence-corrected chi connectivity index (χ0v) is 13.2. The number of hydrogen-bond donors (Lipinski definition) is 1. The molecule has 0 aliphatic rings. The van der Waals surface area contributed by atoms with Gasteiger partial charge in [-0.1, -0.05) is 17.7 Å². The first-order chi connectivity index (χ1) is 11.4. The Hall–Kier alpha value is -3.47. The number of nitrogens with one attached hydrogen (secondary N) is 1. The maximum Gasteiger partial charge on any atom is 0.305 e. The highest BCUT2D eigenvalue weighted by atomic mass is 16.6. The number of nitriles is 1. The third-order valence-corrected chi connectivity index (χ3v) is 3.27. The molecule has 0 fully saturated rings. The van der Waals surface area contributed by atoms with Crippen LogP contribution in [0.15, 0.2) is 36.4 Å². The number of hydrogen-bond acceptors (Lipinski definition) is 6. The van der Waals surface area contributed by atoms with E-state index in [0.717, 1.165) is 5.56 Å². The number of rotatable bonds is 5. The van der Waals surface area contributed by atoms with E-state index in [1.165, 1.54) is 17.0 Å². The molecular formula is C16H15N5O3. The summed E-state index contributed by atoms with van der Waals surface area (Å²) in [6.45, 7) is 1.94. The molecule has 0 spiro atoms. The summed E-state index contributed by atoms with van der Waals surface area (Å²) in [5.74, 6) is 0.0382. The van der Waals surface area contributed by atoms with Crippen molar-refractivity contribution in [1.82, 2.24) is 4.98 Å². The van der Waals surface area contributed by atoms with Crippen molar-refractivity contribution in [3.8, 4) is 6.07 Å². The highest BCUT2D eigenvalue weighted by Crippen LogP contribution is 2.20. The number of amides is 1. The van der Waals surface area contributed by atoms with Crippen molar-refractivity contribution in [1.29, 1.82) is 5.26 Å². The third kappa shape index (κ3) is 4.04. The molecule has 0 saturated carbocycles. The molecule has 8 nitrogen and oxygen atoms in total. The number of nitro groups is 1. The molecular weight excluding hydrogens is 310 g/mol. The summed E-state index contributed by atoms with van der Waals surface area (Å²) in [7, 11) is 1.62. The van der Waals surface area contributed by atoms with Crippen LogP contribution in [0.1, 0.15) is 11.3 Å². The molecule has 0 aliphatic heterocycles. The zero-order chi connectivity index (χ0) is 17.7. The van der Waals surface area contributed by atoms with Crippen LogP contribution in [0.2, 0.25) is 0 Å². The van der Waals surface area contributed by atoms with E-state index in [0.29, 0.717) is 11.5 Å². The van der Waals surface area contributed by atoms with Crippen molar-refractivity contribution in [2.24, 2.45) is 0 Å². The van der Waals surface area contributed by atoms with Gasteiger partial charge in [0, 0.05) is 18.8 Å². The minimum Gasteiger partial charge on any atom is -0.350 e. The second-order valence-electron chi connectivity index (χ2n) is 5.18. The molecule has 0 aliphatic carbocycles. The van der Waals surface area contributed by atoms with Crippen LogP contribution in [-0.4, -0.2) is 29.4 Å². The maximum atomic E-state index is 12.1. The summed E-state index contributed by atoms with van der Waals surface area (Å²) in [5.41, 5.74) is 1.11. The number of benzene rings is 1. The number of pyridine rings is 1. The van der Waals surface area contributed by atoms with Crippen LogP contribution < -0.4 is 10.2 Å². The molecule has 1 heterocycles. The molecule has 2 rings (SSSR count). The van der Waals surface area contributed by atoms with Crippen molar-refractivity contribution in [2.75, 3.05) is 23.8 Å². The molecule has 24 heavy (non-hydrogen) atoms. The van der Waals surface area contributed by atoms with Crippen LogP contribution >= 0.6 is 0 Å². The molecule has 0 radical (unpaired) electrons. The molecule has 0 saturated heterocycles. The third-order valence-electron chi connectivity index (χ3n) is 3.27. The maximum absolute atomic E-state index is 12.1. The average Bonchev–Trinajstić information content (AvgIpc) is 2.56. The average molecular weight is 325 g/mol. The minimum absolute atomic E-state index is 0.0104. The Kier molecular flexibility index (Phi) is 5.06. The smallest absolute Gasteiger partial charge is 0.305 e. The summed E-state index contributed by atoms with van der Waals surface area (Å²) in [5, 5.41) is 22.5. The van der Waals surface area contributed by atoms with Crippen LogP contribution in [-0.2, 0) is 4.79 Å². The lowest BCUT2D eigenvalue weighted by atomic mass is 10.2. The number of anilines is 2. The molecule has 1 aromatic carbocycles. The van der Waals surface area contributed by atoms with E-state index in [4.69, 9.17) is 5.26 Å². The normalized spacial score (nSPS) is 9.88. The lowest BCUT2D eigenvalue weighted by molar-refractivity contribution is -0.385. The topological polar surface area (TPSA) is 112 Å². The summed E-state index contributed by atoms with van der Waals surface area (Å²) < 4.78 is 0. The van der Waals surface area contributed by atoms with E-state index in [-0.39, 0.29) is 23.8 Å². The van der Waals surface area contributed by atoms with Gasteiger partial charge in [0.1, 0.15) is 11.9 Å². The first-order valence-corrected chi connectivity index (χ1v) is 7.04. The molecule has 1 amide bonds. The van der Waals surface area contributed by atoms with Gasteiger partial charge in [0.2, 0.25) is 11.6 Å². The van der Waals surface area contributed by atoms with Gasteiger partial charge in [-0.05, 0) is 25.1 Å². The molecule has 8 heteroatoms. The highest BCUT2D eigenvalue weighted by Gasteiger charge is 2.17. The van der Waals surface area contributed by atoms with Crippen LogP contribution in [0.4, 0.5) is 17.2 Å². The summed E-state index contributed by atoms with van der Waals surface area (Å²) >= 11 is 0. The molecule has 1 N–H and O–H groups in total. The van der Waals surface area contributed by atoms with Gasteiger partial charge in [0.25, 0.3) is 0 Å². The van der Waals surface area contributed by atoms with Crippen molar-refractivity contribution in [3.05, 3.63) is 57.8 Å². The Balaban J connectivity index is 2.07. The summed E-state index contributed by atoms with van der Waals surface area (Å²) in [6.07, 6.45) is 0. The molecule has 0 atom stereocenters. The van der Waals surface area contributed by atoms with E-state index >= 15 is 0 Å². The van der Waals surface area contributed by atoms with Gasteiger partial charge >= 0.3 is 5.69 Å². The molecule has 0 unspecified atom stereocenters. The van der Waals surface area contributed by atoms with E-state index in [1.807, 2.05) is 19.1 Å². The Morgan fingerprint density at radius 1 is 1.33 bits per heavy atom. The predicted octanol–water partition coefficient (Wildman–Crippen LogP) is 2.24. The lowest BCUT2D eigenvalue weighted by Gasteiger charge is -2.17. The summed E-state index contributed by atoms with van der Waals surface area (Å²) in [6, 6.07) is 11.7. The number of nitrogens with zero attached hydrogens (tertiary/aromatic N) is 4. The predicted molar refractivity (Wildman–Crippen MR) is 88.7 cm³/mol. The van der Waals surface area contributed by atoms with Gasteiger partial charge in [-0.25, -0.2) is 4.98 Å². The van der Waals surface area contributed by atoms with Gasteiger partial charge in [-0.3, -0.25) is 14.9 Å². The Morgan fingerprint density at radius 3 is 2.58 bits per heavy atom. The van der Waals surface area contributed by atoms with Crippen LogP contribution in [0.5, 0.6) is 0 Å². The zero-order valence-electron chi connectivity index (χ0n) is 13.2. The van der Waals surface area contributed by atoms with Crippen molar-refractivity contribution in [3.63, 3.8) is 0 Å². The number of likely N-dealkylation sites (N-methyl/N-ethyl adjacent to an activating group) is 1. The largest absolute Gasteiger partial charge is 0.350 e. The fraction of sp³-hybridized carbons (Fsp3) is 0.188. The van der Waals surface area contributed by atoms with Gasteiger partial charge in [0.05, 0.1) is 11.5 Å². The van der Waals surface area contributed by atoms with Gasteiger partial charge in [0.15, 0.2) is 0 Å². The number of carbonyl (C=O) groups excluding carboxylic acids is 1. The van der Waals surface area contributed by atoms with E-state index in [1.54, 1.807) is 25.2 Å². The van der Waals surface area contributed by atoms with Crippen molar-refractivity contribution >= 4 is 23.1 Å². The first kappa shape index (κ1) is 16.9. The van der Waals surface area contributed by atoms with Crippen LogP contribution in [0.25, 0.3) is 0 Å². The SMILES string of the molecule is Cc1ccc(NC(=O)CN(C)c2ccc([N+](=O)[O-])c(C#N)n2)cc1. The molecule has 2 aromatic rings. The first-order valence-electron chi connectivity index (χ1n) is 7.04. The quantitative estimate of drug-likeness (QED) is 0.666. The molecule has 122 valence electrons. The fourth-order valence-corrected chi connectivity index (χ4v) is 2.02. The van der Waals surface area contributed by atoms with E-state index < -0.39 is 4.92 Å². The van der Waals surface area contributed by atoms with Crippen molar-refractivity contribution < 1.29 is 9.72 Å². The van der Waals surface area contributed by atoms with Crippen LogP contribution in [0, 0.1) is 28.4 Å². The second kappa shape index (κ2) is 7.19. The van der Waals surface area contributed by atoms with Gasteiger partial charge < -0.3 is 10.2 Å². The number of carbonyl (C=O) groups is 1. The highest BCUT2D eigenvalue weighted by molar-refractivity contribution is 5.93. The number of aryl methyl sites for hydroxylation is 1. The lowest BCUT2D eigenvalue weighted by Crippen LogP contribution is -2.30. The standard InChI is InChI=1S/C16H15N5O3/c1-11-3-5-12(6-4-11)18-16(22)10-20(2)15-8-7-14(21(23)24)13(9-17)19-15/h3-8H,10H2,1-2H3,(H,18,22). The monoisotopic (exact) mass is 325 g/mol.